The van der Waals surface area contributed by atoms with E-state index in [1.807, 2.05) is 30.3 Å². The fourth-order valence-electron chi connectivity index (χ4n) is 1.59. The predicted octanol–water partition coefficient (Wildman–Crippen LogP) is 2.46. The number of nitrogens with one attached hydrogen (secondary N) is 2. The second kappa shape index (κ2) is 5.49. The molecule has 0 unspecified atom stereocenters. The van der Waals surface area contributed by atoms with E-state index in [4.69, 9.17) is 0 Å². The van der Waals surface area contributed by atoms with Gasteiger partial charge >= 0.3 is 0 Å². The molecule has 1 aromatic heterocycles. The van der Waals surface area contributed by atoms with E-state index in [9.17, 15) is 4.79 Å². The Bertz CT molecular complexity index is 517. The highest BCUT2D eigenvalue weighted by atomic mass is 16.1. The van der Waals surface area contributed by atoms with Crippen molar-refractivity contribution in [3.63, 3.8) is 0 Å². The molecule has 2 rings (SSSR count). The maximum absolute atomic E-state index is 11.8. The van der Waals surface area contributed by atoms with Crippen molar-refractivity contribution in [3.05, 3.63) is 42.1 Å². The third kappa shape index (κ3) is 2.97. The Balaban J connectivity index is 2.09. The van der Waals surface area contributed by atoms with Crippen LogP contribution in [0, 0.1) is 5.92 Å². The Morgan fingerprint density at radius 3 is 2.72 bits per heavy atom. The first-order valence-electron chi connectivity index (χ1n) is 6.06. The first-order valence-corrected chi connectivity index (χ1v) is 6.06. The van der Waals surface area contributed by atoms with E-state index in [1.165, 1.54) is 0 Å². The summed E-state index contributed by atoms with van der Waals surface area (Å²) in [7, 11) is 0. The number of rotatable bonds is 4. The van der Waals surface area contributed by atoms with Gasteiger partial charge in [-0.3, -0.25) is 9.89 Å². The fourth-order valence-corrected chi connectivity index (χ4v) is 1.59. The number of benzene rings is 1. The van der Waals surface area contributed by atoms with Gasteiger partial charge in [0.15, 0.2) is 0 Å². The average Bonchev–Trinajstić information content (AvgIpc) is 2.86. The summed E-state index contributed by atoms with van der Waals surface area (Å²) in [6.07, 6.45) is 0. The molecule has 94 valence electrons. The number of carbonyl (C=O) groups excluding carboxylic acids is 1. The van der Waals surface area contributed by atoms with Gasteiger partial charge in [-0.25, -0.2) is 0 Å². The number of aromatic amines is 1. The van der Waals surface area contributed by atoms with Crippen LogP contribution in [-0.2, 0) is 0 Å². The zero-order valence-electron chi connectivity index (χ0n) is 10.6. The van der Waals surface area contributed by atoms with Gasteiger partial charge in [-0.2, -0.15) is 5.10 Å². The van der Waals surface area contributed by atoms with E-state index in [1.54, 1.807) is 6.07 Å². The van der Waals surface area contributed by atoms with Crippen LogP contribution < -0.4 is 5.32 Å². The maximum Gasteiger partial charge on any atom is 0.269 e. The molecule has 0 saturated carbocycles. The van der Waals surface area contributed by atoms with E-state index in [-0.39, 0.29) is 5.91 Å². The molecule has 18 heavy (non-hydrogen) atoms. The van der Waals surface area contributed by atoms with Gasteiger partial charge in [0.05, 0.1) is 5.69 Å². The van der Waals surface area contributed by atoms with Gasteiger partial charge in [-0.1, -0.05) is 44.2 Å². The Kier molecular flexibility index (Phi) is 3.77. The third-order valence-corrected chi connectivity index (χ3v) is 2.56. The lowest BCUT2D eigenvalue weighted by molar-refractivity contribution is 0.0944. The molecule has 0 aliphatic rings. The molecule has 1 aromatic carbocycles. The summed E-state index contributed by atoms with van der Waals surface area (Å²) >= 11 is 0. The zero-order valence-corrected chi connectivity index (χ0v) is 10.6. The summed E-state index contributed by atoms with van der Waals surface area (Å²) in [4.78, 5) is 11.8. The molecule has 0 saturated heterocycles. The lowest BCUT2D eigenvalue weighted by Crippen LogP contribution is -2.27. The van der Waals surface area contributed by atoms with Gasteiger partial charge in [-0.15, -0.1) is 0 Å². The van der Waals surface area contributed by atoms with Gasteiger partial charge in [0.1, 0.15) is 5.69 Å². The summed E-state index contributed by atoms with van der Waals surface area (Å²) in [5.41, 5.74) is 2.27. The normalized spacial score (nSPS) is 10.6. The quantitative estimate of drug-likeness (QED) is 0.866. The van der Waals surface area contributed by atoms with Crippen LogP contribution in [0.3, 0.4) is 0 Å². The first-order chi connectivity index (χ1) is 8.66. The van der Waals surface area contributed by atoms with E-state index >= 15 is 0 Å². The van der Waals surface area contributed by atoms with Crippen LogP contribution in [0.2, 0.25) is 0 Å². The summed E-state index contributed by atoms with van der Waals surface area (Å²) < 4.78 is 0. The van der Waals surface area contributed by atoms with Crippen molar-refractivity contribution >= 4 is 5.91 Å². The molecule has 0 spiro atoms. The van der Waals surface area contributed by atoms with E-state index in [0.717, 1.165) is 11.3 Å². The van der Waals surface area contributed by atoms with Gasteiger partial charge < -0.3 is 5.32 Å². The molecule has 0 bridgehead atoms. The van der Waals surface area contributed by atoms with Crippen molar-refractivity contribution in [2.45, 2.75) is 13.8 Å². The molecule has 0 atom stereocenters. The molecule has 4 heteroatoms. The summed E-state index contributed by atoms with van der Waals surface area (Å²) in [5, 5.41) is 9.77. The molecule has 2 aromatic rings. The highest BCUT2D eigenvalue weighted by Gasteiger charge is 2.10. The maximum atomic E-state index is 11.8. The summed E-state index contributed by atoms with van der Waals surface area (Å²) in [5.74, 6) is 0.323. The minimum absolute atomic E-state index is 0.113. The topological polar surface area (TPSA) is 57.8 Å². The van der Waals surface area contributed by atoms with Crippen LogP contribution in [0.1, 0.15) is 24.3 Å². The number of aromatic nitrogens is 2. The van der Waals surface area contributed by atoms with Gasteiger partial charge in [-0.05, 0) is 12.0 Å². The number of nitrogens with zero attached hydrogens (tertiary/aromatic N) is 1. The van der Waals surface area contributed by atoms with Crippen molar-refractivity contribution in [1.29, 1.82) is 0 Å². The molecule has 0 radical (unpaired) electrons. The van der Waals surface area contributed by atoms with E-state index in [2.05, 4.69) is 29.4 Å². The second-order valence-electron chi connectivity index (χ2n) is 4.64. The van der Waals surface area contributed by atoms with Gasteiger partial charge in [0.2, 0.25) is 0 Å². The Labute approximate surface area is 106 Å². The molecule has 1 amide bonds. The van der Waals surface area contributed by atoms with Gasteiger partial charge in [0, 0.05) is 12.1 Å². The van der Waals surface area contributed by atoms with Crippen LogP contribution >= 0.6 is 0 Å². The second-order valence-corrected chi connectivity index (χ2v) is 4.64. The number of hydrogen-bond acceptors (Lipinski definition) is 2. The SMILES string of the molecule is CC(C)CNC(=O)c1cc(-c2ccccc2)n[nH]1. The van der Waals surface area contributed by atoms with Crippen LogP contribution in [-0.4, -0.2) is 22.6 Å². The van der Waals surface area contributed by atoms with Crippen molar-refractivity contribution in [2.24, 2.45) is 5.92 Å². The lowest BCUT2D eigenvalue weighted by Gasteiger charge is -2.05. The average molecular weight is 243 g/mol. The molecule has 1 heterocycles. The molecule has 0 fully saturated rings. The van der Waals surface area contributed by atoms with E-state index in [0.29, 0.717) is 18.2 Å². The summed E-state index contributed by atoms with van der Waals surface area (Å²) in [6, 6.07) is 11.5. The Hall–Kier alpha value is -2.10. The fraction of sp³-hybridized carbons (Fsp3) is 0.286. The van der Waals surface area contributed by atoms with E-state index < -0.39 is 0 Å². The van der Waals surface area contributed by atoms with Crippen LogP contribution in [0.5, 0.6) is 0 Å². The molecule has 0 aliphatic heterocycles. The predicted molar refractivity (Wildman–Crippen MR) is 71.2 cm³/mol. The number of carbonyl (C=O) groups is 1. The molecule has 0 aliphatic carbocycles. The Morgan fingerprint density at radius 2 is 2.06 bits per heavy atom. The van der Waals surface area contributed by atoms with Crippen LogP contribution in [0.25, 0.3) is 11.3 Å². The highest BCUT2D eigenvalue weighted by molar-refractivity contribution is 5.93. The monoisotopic (exact) mass is 243 g/mol. The number of hydrogen-bond donors (Lipinski definition) is 2. The van der Waals surface area contributed by atoms with Gasteiger partial charge in [0.25, 0.3) is 5.91 Å². The highest BCUT2D eigenvalue weighted by Crippen LogP contribution is 2.16. The number of amides is 1. The van der Waals surface area contributed by atoms with Crippen molar-refractivity contribution in [2.75, 3.05) is 6.54 Å². The molecular formula is C14H17N3O. The van der Waals surface area contributed by atoms with Crippen LogP contribution in [0.15, 0.2) is 36.4 Å². The lowest BCUT2D eigenvalue weighted by atomic mass is 10.1. The third-order valence-electron chi connectivity index (χ3n) is 2.56. The molecular weight excluding hydrogens is 226 g/mol. The molecule has 2 N–H and O–H groups in total. The zero-order chi connectivity index (χ0) is 13.0. The van der Waals surface area contributed by atoms with Crippen molar-refractivity contribution < 1.29 is 4.79 Å². The largest absolute Gasteiger partial charge is 0.350 e. The first kappa shape index (κ1) is 12.4. The number of H-pyrrole nitrogens is 1. The van der Waals surface area contributed by atoms with Crippen molar-refractivity contribution in [1.82, 2.24) is 15.5 Å². The summed E-state index contributed by atoms with van der Waals surface area (Å²) in [6.45, 7) is 4.78. The standard InChI is InChI=1S/C14H17N3O/c1-10(2)9-15-14(18)13-8-12(16-17-13)11-6-4-3-5-7-11/h3-8,10H,9H2,1-2H3,(H,15,18)(H,16,17). The Morgan fingerprint density at radius 1 is 1.33 bits per heavy atom. The smallest absolute Gasteiger partial charge is 0.269 e. The molecule has 4 nitrogen and oxygen atoms in total. The van der Waals surface area contributed by atoms with Crippen LogP contribution in [0.4, 0.5) is 0 Å². The minimum Gasteiger partial charge on any atom is -0.350 e. The minimum atomic E-state index is -0.113. The van der Waals surface area contributed by atoms with Crippen molar-refractivity contribution in [3.8, 4) is 11.3 Å².